The van der Waals surface area contributed by atoms with Crippen molar-refractivity contribution in [1.82, 2.24) is 15.2 Å². The maximum Gasteiger partial charge on any atom is 0.253 e. The number of amides is 1. The Morgan fingerprint density at radius 1 is 1.27 bits per heavy atom. The molecule has 2 heterocycles. The first-order valence-corrected chi connectivity index (χ1v) is 7.82. The molecule has 1 aliphatic heterocycles. The molecule has 1 aliphatic rings. The van der Waals surface area contributed by atoms with Gasteiger partial charge in [0.15, 0.2) is 0 Å². The van der Waals surface area contributed by atoms with Gasteiger partial charge in [-0.05, 0) is 38.5 Å². The van der Waals surface area contributed by atoms with Crippen molar-refractivity contribution in [2.45, 2.75) is 20.8 Å². The lowest BCUT2D eigenvalue weighted by Crippen LogP contribution is -2.48. The highest BCUT2D eigenvalue weighted by Crippen LogP contribution is 2.23. The van der Waals surface area contributed by atoms with E-state index in [9.17, 15) is 4.79 Å². The number of para-hydroxylation sites is 1. The minimum Gasteiger partial charge on any atom is -0.352 e. The summed E-state index contributed by atoms with van der Waals surface area (Å²) >= 11 is 0. The summed E-state index contributed by atoms with van der Waals surface area (Å²) in [7, 11) is 0. The monoisotopic (exact) mass is 297 g/mol. The van der Waals surface area contributed by atoms with Gasteiger partial charge in [-0.15, -0.1) is 0 Å². The zero-order valence-corrected chi connectivity index (χ0v) is 13.4. The molecular weight excluding hydrogens is 274 g/mol. The van der Waals surface area contributed by atoms with Gasteiger partial charge in [-0.3, -0.25) is 4.79 Å². The highest BCUT2D eigenvalue weighted by atomic mass is 16.1. The molecule has 1 amide bonds. The molecule has 0 unspecified atom stereocenters. The number of rotatable bonds is 4. The van der Waals surface area contributed by atoms with Crippen LogP contribution in [-0.4, -0.2) is 30.1 Å². The van der Waals surface area contributed by atoms with Crippen molar-refractivity contribution in [2.24, 2.45) is 5.92 Å². The maximum absolute atomic E-state index is 12.4. The summed E-state index contributed by atoms with van der Waals surface area (Å²) in [4.78, 5) is 12.4. The summed E-state index contributed by atoms with van der Waals surface area (Å²) in [5, 5.41) is 6.28. The summed E-state index contributed by atoms with van der Waals surface area (Å²) in [6, 6.07) is 10.2. The molecule has 116 valence electrons. The van der Waals surface area contributed by atoms with Crippen LogP contribution in [0.2, 0.25) is 0 Å². The van der Waals surface area contributed by atoms with Crippen LogP contribution in [0, 0.1) is 26.7 Å². The molecule has 1 saturated heterocycles. The van der Waals surface area contributed by atoms with E-state index in [0.29, 0.717) is 5.92 Å². The molecule has 1 fully saturated rings. The third kappa shape index (κ3) is 2.66. The third-order valence-electron chi connectivity index (χ3n) is 4.45. The standard InChI is InChI=1S/C18H23N3O/c1-12-6-4-5-7-17(12)21-13(2)8-16(14(21)3)18(22)20-11-15-9-19-10-15/h4-8,15,19H,9-11H2,1-3H3,(H,20,22). The molecule has 2 aromatic rings. The van der Waals surface area contributed by atoms with Crippen molar-refractivity contribution in [2.75, 3.05) is 19.6 Å². The topological polar surface area (TPSA) is 46.1 Å². The van der Waals surface area contributed by atoms with Crippen molar-refractivity contribution < 1.29 is 4.79 Å². The molecule has 1 aromatic carbocycles. The highest BCUT2D eigenvalue weighted by Gasteiger charge is 2.20. The zero-order valence-electron chi connectivity index (χ0n) is 13.4. The van der Waals surface area contributed by atoms with E-state index in [-0.39, 0.29) is 5.91 Å². The van der Waals surface area contributed by atoms with E-state index in [1.54, 1.807) is 0 Å². The molecule has 0 bridgehead atoms. The van der Waals surface area contributed by atoms with Gasteiger partial charge >= 0.3 is 0 Å². The van der Waals surface area contributed by atoms with Crippen LogP contribution in [-0.2, 0) is 0 Å². The number of benzene rings is 1. The Bertz CT molecular complexity index is 698. The second-order valence-corrected chi connectivity index (χ2v) is 6.14. The fourth-order valence-corrected chi connectivity index (χ4v) is 3.00. The average Bonchev–Trinajstić information content (AvgIpc) is 2.73. The lowest BCUT2D eigenvalue weighted by atomic mass is 10.0. The van der Waals surface area contributed by atoms with E-state index in [0.717, 1.165) is 42.3 Å². The fourth-order valence-electron chi connectivity index (χ4n) is 3.00. The fraction of sp³-hybridized carbons (Fsp3) is 0.389. The summed E-state index contributed by atoms with van der Waals surface area (Å²) in [6.45, 7) is 8.91. The largest absolute Gasteiger partial charge is 0.352 e. The van der Waals surface area contributed by atoms with Gasteiger partial charge in [-0.2, -0.15) is 0 Å². The van der Waals surface area contributed by atoms with Crippen LogP contribution in [0.4, 0.5) is 0 Å². The predicted octanol–water partition coefficient (Wildman–Crippen LogP) is 2.35. The number of nitrogens with one attached hydrogen (secondary N) is 2. The van der Waals surface area contributed by atoms with E-state index < -0.39 is 0 Å². The first-order valence-electron chi connectivity index (χ1n) is 7.82. The van der Waals surface area contributed by atoms with Crippen LogP contribution in [0.5, 0.6) is 0 Å². The van der Waals surface area contributed by atoms with Crippen molar-refractivity contribution in [3.8, 4) is 5.69 Å². The second kappa shape index (κ2) is 5.97. The molecule has 4 heteroatoms. The van der Waals surface area contributed by atoms with Crippen molar-refractivity contribution in [1.29, 1.82) is 0 Å². The van der Waals surface area contributed by atoms with Gasteiger partial charge in [-0.25, -0.2) is 0 Å². The molecule has 0 spiro atoms. The van der Waals surface area contributed by atoms with Crippen LogP contribution < -0.4 is 10.6 Å². The summed E-state index contributed by atoms with van der Waals surface area (Å²) < 4.78 is 2.16. The number of nitrogens with zero attached hydrogens (tertiary/aromatic N) is 1. The number of aryl methyl sites for hydroxylation is 2. The number of hydrogen-bond acceptors (Lipinski definition) is 2. The van der Waals surface area contributed by atoms with Crippen LogP contribution >= 0.6 is 0 Å². The van der Waals surface area contributed by atoms with Gasteiger partial charge in [0, 0.05) is 42.6 Å². The number of carbonyl (C=O) groups is 1. The summed E-state index contributed by atoms with van der Waals surface area (Å²) in [5.74, 6) is 0.601. The molecule has 0 saturated carbocycles. The molecule has 0 aliphatic carbocycles. The summed E-state index contributed by atoms with van der Waals surface area (Å²) in [5.41, 5.74) is 5.20. The van der Waals surface area contributed by atoms with E-state index >= 15 is 0 Å². The number of hydrogen-bond donors (Lipinski definition) is 2. The van der Waals surface area contributed by atoms with Crippen LogP contribution in [0.3, 0.4) is 0 Å². The average molecular weight is 297 g/mol. The van der Waals surface area contributed by atoms with Crippen LogP contribution in [0.25, 0.3) is 5.69 Å². The first-order chi connectivity index (χ1) is 10.6. The van der Waals surface area contributed by atoms with E-state index in [1.807, 2.05) is 32.0 Å². The van der Waals surface area contributed by atoms with E-state index in [4.69, 9.17) is 0 Å². The van der Waals surface area contributed by atoms with E-state index in [2.05, 4.69) is 34.3 Å². The Balaban J connectivity index is 1.86. The predicted molar refractivity (Wildman–Crippen MR) is 88.7 cm³/mol. The lowest BCUT2D eigenvalue weighted by molar-refractivity contribution is 0.0941. The van der Waals surface area contributed by atoms with Crippen LogP contribution in [0.15, 0.2) is 30.3 Å². The smallest absolute Gasteiger partial charge is 0.253 e. The second-order valence-electron chi connectivity index (χ2n) is 6.14. The molecule has 2 N–H and O–H groups in total. The Morgan fingerprint density at radius 2 is 2.00 bits per heavy atom. The highest BCUT2D eigenvalue weighted by molar-refractivity contribution is 5.96. The zero-order chi connectivity index (χ0) is 15.7. The Kier molecular flexibility index (Phi) is 4.03. The van der Waals surface area contributed by atoms with Crippen LogP contribution in [0.1, 0.15) is 27.3 Å². The molecule has 22 heavy (non-hydrogen) atoms. The van der Waals surface area contributed by atoms with Gasteiger partial charge in [0.2, 0.25) is 0 Å². The number of aromatic nitrogens is 1. The first kappa shape index (κ1) is 14.9. The molecule has 3 rings (SSSR count). The Labute approximate surface area is 131 Å². The van der Waals surface area contributed by atoms with Gasteiger partial charge in [-0.1, -0.05) is 18.2 Å². The quantitative estimate of drug-likeness (QED) is 0.910. The lowest BCUT2D eigenvalue weighted by Gasteiger charge is -2.27. The minimum absolute atomic E-state index is 0.0276. The molecular formula is C18H23N3O. The summed E-state index contributed by atoms with van der Waals surface area (Å²) in [6.07, 6.45) is 0. The van der Waals surface area contributed by atoms with Crippen molar-refractivity contribution in [3.63, 3.8) is 0 Å². The Morgan fingerprint density at radius 3 is 2.64 bits per heavy atom. The molecule has 4 nitrogen and oxygen atoms in total. The molecule has 0 radical (unpaired) electrons. The third-order valence-corrected chi connectivity index (χ3v) is 4.45. The van der Waals surface area contributed by atoms with E-state index in [1.165, 1.54) is 5.56 Å². The molecule has 0 atom stereocenters. The van der Waals surface area contributed by atoms with Gasteiger partial charge in [0.05, 0.1) is 5.56 Å². The van der Waals surface area contributed by atoms with Gasteiger partial charge in [0.1, 0.15) is 0 Å². The number of carbonyl (C=O) groups excluding carboxylic acids is 1. The SMILES string of the molecule is Cc1ccccc1-n1c(C)cc(C(=O)NCC2CNC2)c1C. The van der Waals surface area contributed by atoms with Gasteiger partial charge in [0.25, 0.3) is 5.91 Å². The molecule has 1 aromatic heterocycles. The Hall–Kier alpha value is -2.07. The van der Waals surface area contributed by atoms with Crippen molar-refractivity contribution >= 4 is 5.91 Å². The minimum atomic E-state index is 0.0276. The normalized spacial score (nSPS) is 14.7. The maximum atomic E-state index is 12.4. The van der Waals surface area contributed by atoms with Gasteiger partial charge < -0.3 is 15.2 Å². The van der Waals surface area contributed by atoms with Crippen molar-refractivity contribution in [3.05, 3.63) is 52.8 Å².